The van der Waals surface area contributed by atoms with Gasteiger partial charge in [-0.1, -0.05) is 24.1 Å². The van der Waals surface area contributed by atoms with Gasteiger partial charge in [-0.15, -0.1) is 0 Å². The van der Waals surface area contributed by atoms with Crippen LogP contribution in [-0.2, 0) is 4.74 Å². The molecule has 10 nitrogen and oxygen atoms in total. The first-order valence-corrected chi connectivity index (χ1v) is 14.9. The van der Waals surface area contributed by atoms with E-state index in [0.29, 0.717) is 41.9 Å². The van der Waals surface area contributed by atoms with Gasteiger partial charge in [0.05, 0.1) is 53.9 Å². The molecule has 1 aromatic carbocycles. The first kappa shape index (κ1) is 27.9. The van der Waals surface area contributed by atoms with Gasteiger partial charge in [0.1, 0.15) is 5.82 Å². The van der Waals surface area contributed by atoms with Gasteiger partial charge in [0.15, 0.2) is 12.3 Å². The van der Waals surface area contributed by atoms with E-state index in [1.54, 1.807) is 48.4 Å². The zero-order chi connectivity index (χ0) is 29.2. The summed E-state index contributed by atoms with van der Waals surface area (Å²) in [6.45, 7) is 4.87. The summed E-state index contributed by atoms with van der Waals surface area (Å²) in [6, 6.07) is 7.77. The molecule has 2 unspecified atom stereocenters. The molecule has 42 heavy (non-hydrogen) atoms. The van der Waals surface area contributed by atoms with E-state index in [4.69, 9.17) is 9.47 Å². The van der Waals surface area contributed by atoms with Crippen molar-refractivity contribution in [3.05, 3.63) is 77.8 Å². The Labute approximate surface area is 247 Å². The Hall–Kier alpha value is -4.29. The average molecular weight is 590 g/mol. The van der Waals surface area contributed by atoms with Crippen LogP contribution < -0.4 is 19.7 Å². The fraction of sp³-hybridized carbons (Fsp3) is 0.300. The molecule has 4 aromatic rings. The smallest absolute Gasteiger partial charge is 0.214 e. The summed E-state index contributed by atoms with van der Waals surface area (Å²) in [5, 5.41) is 8.59. The molecule has 12 heteroatoms. The van der Waals surface area contributed by atoms with Crippen LogP contribution in [0.3, 0.4) is 0 Å². The van der Waals surface area contributed by atoms with Gasteiger partial charge in [-0.05, 0) is 42.8 Å². The van der Waals surface area contributed by atoms with Crippen molar-refractivity contribution < 1.29 is 18.7 Å². The van der Waals surface area contributed by atoms with Crippen molar-refractivity contribution in [2.75, 3.05) is 54.5 Å². The van der Waals surface area contributed by atoms with Crippen molar-refractivity contribution >= 4 is 45.8 Å². The topological polar surface area (TPSA) is 109 Å². The number of aryl methyl sites for hydroxylation is 1. The second kappa shape index (κ2) is 11.9. The molecule has 1 fully saturated rings. The zero-order valence-corrected chi connectivity index (χ0v) is 24.4. The Kier molecular flexibility index (Phi) is 7.90. The highest BCUT2D eigenvalue weighted by Crippen LogP contribution is 2.34. The van der Waals surface area contributed by atoms with Crippen LogP contribution in [0.2, 0.25) is 0 Å². The second-order valence-corrected chi connectivity index (χ2v) is 10.7. The number of nitrogens with zero attached hydrogens (tertiary/aromatic N) is 4. The molecular weight excluding hydrogens is 557 g/mol. The number of rotatable bonds is 9. The number of hydrogen-bond acceptors (Lipinski definition) is 9. The summed E-state index contributed by atoms with van der Waals surface area (Å²) in [5.74, 6) is 0.647. The minimum absolute atomic E-state index is 0.189. The molecule has 1 aliphatic carbocycles. The average Bonchev–Trinajstić information content (AvgIpc) is 3.62. The fourth-order valence-corrected chi connectivity index (χ4v) is 5.63. The number of morpholine rings is 1. The number of halogens is 1. The van der Waals surface area contributed by atoms with Crippen LogP contribution >= 0.6 is 11.9 Å². The minimum atomic E-state index is -1.24. The Bertz CT molecular complexity index is 1670. The highest BCUT2D eigenvalue weighted by molar-refractivity contribution is 7.99. The first-order valence-electron chi connectivity index (χ1n) is 13.7. The van der Waals surface area contributed by atoms with Crippen LogP contribution in [0.1, 0.15) is 21.6 Å². The van der Waals surface area contributed by atoms with E-state index in [-0.39, 0.29) is 5.78 Å². The number of alkyl halides is 1. The number of nitrogens with one attached hydrogen (secondary N) is 3. The number of benzene rings is 1. The van der Waals surface area contributed by atoms with Crippen LogP contribution in [-0.4, -0.2) is 77.4 Å². The Morgan fingerprint density at radius 2 is 1.95 bits per heavy atom. The number of ketones is 1. The van der Waals surface area contributed by atoms with Gasteiger partial charge in [-0.2, -0.15) is 5.10 Å². The van der Waals surface area contributed by atoms with Crippen molar-refractivity contribution in [2.24, 2.45) is 0 Å². The Morgan fingerprint density at radius 1 is 1.14 bits per heavy atom. The lowest BCUT2D eigenvalue weighted by atomic mass is 10.1. The van der Waals surface area contributed by atoms with Gasteiger partial charge in [0.25, 0.3) is 0 Å². The van der Waals surface area contributed by atoms with Crippen molar-refractivity contribution in [1.29, 1.82) is 0 Å². The largest absolute Gasteiger partial charge is 0.467 e. The number of carbonyl (C=O) groups is 1. The lowest BCUT2D eigenvalue weighted by Gasteiger charge is -2.30. The minimum Gasteiger partial charge on any atom is -0.467 e. The molecule has 0 amide bonds. The Balaban J connectivity index is 1.29. The first-order chi connectivity index (χ1) is 20.5. The molecule has 2 atom stereocenters. The predicted octanol–water partition coefficient (Wildman–Crippen LogP) is 5.07. The molecule has 2 aliphatic rings. The number of anilines is 3. The number of H-pyrrole nitrogens is 1. The van der Waals surface area contributed by atoms with Gasteiger partial charge in [-0.3, -0.25) is 4.79 Å². The van der Waals surface area contributed by atoms with Crippen LogP contribution in [0.4, 0.5) is 21.6 Å². The Morgan fingerprint density at radius 3 is 2.69 bits per heavy atom. The molecular formula is C30H32FN7O3S. The molecule has 6 rings (SSSR count). The molecule has 4 heterocycles. The molecule has 3 aromatic heterocycles. The van der Waals surface area contributed by atoms with Gasteiger partial charge in [0, 0.05) is 43.4 Å². The number of aromatic nitrogens is 4. The zero-order valence-electron chi connectivity index (χ0n) is 23.6. The molecule has 3 N–H and O–H groups in total. The number of allylic oxidation sites excluding steroid dienone is 2. The molecule has 0 spiro atoms. The molecule has 1 aliphatic heterocycles. The maximum Gasteiger partial charge on any atom is 0.214 e. The predicted molar refractivity (Wildman–Crippen MR) is 165 cm³/mol. The van der Waals surface area contributed by atoms with Crippen molar-refractivity contribution in [3.63, 3.8) is 0 Å². The third-order valence-corrected chi connectivity index (χ3v) is 7.78. The maximum absolute atomic E-state index is 14.2. The van der Waals surface area contributed by atoms with Crippen LogP contribution in [0, 0.1) is 6.92 Å². The van der Waals surface area contributed by atoms with E-state index >= 15 is 0 Å². The second-order valence-electron chi connectivity index (χ2n) is 10.0. The van der Waals surface area contributed by atoms with Gasteiger partial charge in [-0.25, -0.2) is 14.1 Å². The van der Waals surface area contributed by atoms with E-state index in [1.807, 2.05) is 25.3 Å². The summed E-state index contributed by atoms with van der Waals surface area (Å²) in [7, 11) is 1.75. The number of fused-ring (bicyclic) bond motifs is 1. The van der Waals surface area contributed by atoms with Gasteiger partial charge in [0.2, 0.25) is 11.7 Å². The SMILES string of the molecule is CNc1c(C(=O)c2cc3cc(N4CCOCC4)c(NSC)cc3[nH]2)cnn1-c1cnc(OC2C=CC=CC2F)cc1C. The molecule has 0 bridgehead atoms. The van der Waals surface area contributed by atoms with Gasteiger partial charge >= 0.3 is 0 Å². The number of carbonyl (C=O) groups excluding carboxylic acids is 1. The lowest BCUT2D eigenvalue weighted by molar-refractivity contribution is 0.103. The quantitative estimate of drug-likeness (QED) is 0.182. The monoisotopic (exact) mass is 589 g/mol. The molecule has 1 saturated heterocycles. The summed E-state index contributed by atoms with van der Waals surface area (Å²) in [6.07, 6.45) is 9.68. The normalized spacial score (nSPS) is 18.4. The van der Waals surface area contributed by atoms with E-state index < -0.39 is 12.3 Å². The third kappa shape index (κ3) is 5.35. The lowest BCUT2D eigenvalue weighted by Crippen LogP contribution is -2.36. The van der Waals surface area contributed by atoms with E-state index in [1.165, 1.54) is 18.0 Å². The number of ether oxygens (including phenoxy) is 2. The van der Waals surface area contributed by atoms with E-state index in [0.717, 1.165) is 40.9 Å². The summed E-state index contributed by atoms with van der Waals surface area (Å²) >= 11 is 1.52. The molecule has 218 valence electrons. The van der Waals surface area contributed by atoms with E-state index in [2.05, 4.69) is 36.1 Å². The molecule has 0 radical (unpaired) electrons. The number of hydrogen-bond donors (Lipinski definition) is 3. The van der Waals surface area contributed by atoms with Crippen molar-refractivity contribution in [3.8, 4) is 11.6 Å². The third-order valence-electron chi connectivity index (χ3n) is 7.36. The fourth-order valence-electron chi connectivity index (χ4n) is 5.24. The molecule has 0 saturated carbocycles. The maximum atomic E-state index is 14.2. The van der Waals surface area contributed by atoms with Crippen LogP contribution in [0.5, 0.6) is 5.88 Å². The van der Waals surface area contributed by atoms with Crippen LogP contribution in [0.25, 0.3) is 16.6 Å². The van der Waals surface area contributed by atoms with Crippen LogP contribution in [0.15, 0.2) is 61.0 Å². The highest BCUT2D eigenvalue weighted by atomic mass is 32.2. The standard InChI is InChI=1S/C30H32FN7O3S/c1-18-12-28(41-27-7-5-4-6-21(27)31)33-17-26(18)38-30(32-2)20(16-34-38)29(39)24-13-19-14-25(37-8-10-40-11-9-37)23(36-42-3)15-22(19)35-24/h4-7,12-17,21,27,32,35-36H,8-11H2,1-3H3. The summed E-state index contributed by atoms with van der Waals surface area (Å²) in [5.41, 5.74) is 5.27. The highest BCUT2D eigenvalue weighted by Gasteiger charge is 2.24. The van der Waals surface area contributed by atoms with Crippen molar-refractivity contribution in [1.82, 2.24) is 19.7 Å². The van der Waals surface area contributed by atoms with Crippen molar-refractivity contribution in [2.45, 2.75) is 19.2 Å². The number of aromatic amines is 1. The van der Waals surface area contributed by atoms with Gasteiger partial charge < -0.3 is 29.4 Å². The van der Waals surface area contributed by atoms with E-state index in [9.17, 15) is 9.18 Å². The summed E-state index contributed by atoms with van der Waals surface area (Å²) < 4.78 is 30.5. The number of pyridine rings is 1. The summed E-state index contributed by atoms with van der Waals surface area (Å²) in [4.78, 5) is 23.8.